The minimum absolute atomic E-state index is 0.0161. The predicted octanol–water partition coefficient (Wildman–Crippen LogP) is 3.44. The van der Waals surface area contributed by atoms with Gasteiger partial charge in [0, 0.05) is 12.1 Å². The lowest BCUT2D eigenvalue weighted by Crippen LogP contribution is -2.29. The van der Waals surface area contributed by atoms with Crippen molar-refractivity contribution >= 4 is 11.8 Å². The number of para-hydroxylation sites is 1. The molecule has 2 aromatic carbocycles. The van der Waals surface area contributed by atoms with Crippen molar-refractivity contribution in [2.24, 2.45) is 0 Å². The zero-order chi connectivity index (χ0) is 15.2. The minimum Gasteiger partial charge on any atom is -0.410 e. The van der Waals surface area contributed by atoms with Crippen LogP contribution in [0, 0.1) is 10.1 Å². The van der Waals surface area contributed by atoms with Crippen molar-refractivity contribution in [3.05, 3.63) is 70.3 Å². The van der Waals surface area contributed by atoms with Crippen LogP contribution in [0.3, 0.4) is 0 Å². The molecule has 0 aliphatic carbocycles. The molecule has 0 saturated heterocycles. The lowest BCUT2D eigenvalue weighted by atomic mass is 10.1. The molecule has 0 saturated carbocycles. The molecule has 1 amide bonds. The van der Waals surface area contributed by atoms with E-state index in [1.165, 1.54) is 12.1 Å². The number of benzene rings is 2. The third-order valence-corrected chi connectivity index (χ3v) is 2.87. The minimum atomic E-state index is -0.611. The van der Waals surface area contributed by atoms with E-state index in [0.717, 1.165) is 0 Å². The fraction of sp³-hybridized carbons (Fsp3) is 0.133. The number of nitrogens with one attached hydrogen (secondary N) is 1. The number of ether oxygens (including phenoxy) is 1. The molecule has 2 aromatic rings. The van der Waals surface area contributed by atoms with Crippen molar-refractivity contribution in [2.75, 3.05) is 0 Å². The molecule has 2 rings (SSSR count). The Balaban J connectivity index is 2.00. The standard InChI is InChI=1S/C15H14N2O4/c1-11(12-6-5-7-13(10-12)17(19)20)16-15(18)21-14-8-3-2-4-9-14/h2-11H,1H3,(H,16,18). The van der Waals surface area contributed by atoms with Gasteiger partial charge in [0.1, 0.15) is 5.75 Å². The molecule has 6 nitrogen and oxygen atoms in total. The third kappa shape index (κ3) is 4.04. The highest BCUT2D eigenvalue weighted by Crippen LogP contribution is 2.19. The molecule has 0 radical (unpaired) electrons. The largest absolute Gasteiger partial charge is 0.413 e. The van der Waals surface area contributed by atoms with E-state index in [9.17, 15) is 14.9 Å². The number of hydrogen-bond acceptors (Lipinski definition) is 4. The lowest BCUT2D eigenvalue weighted by molar-refractivity contribution is -0.384. The van der Waals surface area contributed by atoms with Crippen LogP contribution >= 0.6 is 0 Å². The molecule has 108 valence electrons. The van der Waals surface area contributed by atoms with Gasteiger partial charge in [0.2, 0.25) is 0 Å². The van der Waals surface area contributed by atoms with Gasteiger partial charge < -0.3 is 10.1 Å². The number of hydrogen-bond donors (Lipinski definition) is 1. The van der Waals surface area contributed by atoms with Gasteiger partial charge in [-0.2, -0.15) is 0 Å². The highest BCUT2D eigenvalue weighted by molar-refractivity contribution is 5.70. The van der Waals surface area contributed by atoms with E-state index >= 15 is 0 Å². The molecule has 0 heterocycles. The summed E-state index contributed by atoms with van der Waals surface area (Å²) in [5, 5.41) is 13.4. The smallest absolute Gasteiger partial charge is 0.410 e. The Kier molecular flexibility index (Phi) is 4.50. The van der Waals surface area contributed by atoms with Gasteiger partial charge in [0.15, 0.2) is 0 Å². The van der Waals surface area contributed by atoms with Crippen LogP contribution in [0.4, 0.5) is 10.5 Å². The molecule has 0 aliphatic rings. The normalized spacial score (nSPS) is 11.5. The number of non-ortho nitro benzene ring substituents is 1. The molecule has 6 heteroatoms. The first-order chi connectivity index (χ1) is 10.1. The molecule has 21 heavy (non-hydrogen) atoms. The Bertz CT molecular complexity index is 643. The number of amides is 1. The van der Waals surface area contributed by atoms with Gasteiger partial charge in [0.05, 0.1) is 11.0 Å². The second kappa shape index (κ2) is 6.51. The number of rotatable bonds is 4. The van der Waals surface area contributed by atoms with E-state index in [2.05, 4.69) is 5.32 Å². The van der Waals surface area contributed by atoms with E-state index in [1.807, 2.05) is 6.07 Å². The summed E-state index contributed by atoms with van der Waals surface area (Å²) in [6.07, 6.45) is -0.611. The van der Waals surface area contributed by atoms with E-state index in [1.54, 1.807) is 43.3 Å². The maximum absolute atomic E-state index is 11.7. The van der Waals surface area contributed by atoms with Gasteiger partial charge in [-0.1, -0.05) is 30.3 Å². The number of nitro benzene ring substituents is 1. The number of carbonyl (C=O) groups excluding carboxylic acids is 1. The van der Waals surface area contributed by atoms with Crippen molar-refractivity contribution in [3.8, 4) is 5.75 Å². The van der Waals surface area contributed by atoms with Crippen molar-refractivity contribution in [2.45, 2.75) is 13.0 Å². The molecule has 0 fully saturated rings. The monoisotopic (exact) mass is 286 g/mol. The van der Waals surface area contributed by atoms with Crippen LogP contribution in [0.1, 0.15) is 18.5 Å². The van der Waals surface area contributed by atoms with E-state index in [-0.39, 0.29) is 5.69 Å². The molecule has 0 spiro atoms. The Morgan fingerprint density at radius 1 is 1.19 bits per heavy atom. The second-order valence-electron chi connectivity index (χ2n) is 4.42. The summed E-state index contributed by atoms with van der Waals surface area (Å²) in [7, 11) is 0. The Hall–Kier alpha value is -2.89. The van der Waals surface area contributed by atoms with Crippen LogP contribution in [0.15, 0.2) is 54.6 Å². The molecule has 0 aliphatic heterocycles. The summed E-state index contributed by atoms with van der Waals surface area (Å²) in [6.45, 7) is 1.73. The average Bonchev–Trinajstić information content (AvgIpc) is 2.48. The van der Waals surface area contributed by atoms with Gasteiger partial charge in [0.25, 0.3) is 5.69 Å². The second-order valence-corrected chi connectivity index (χ2v) is 4.42. The zero-order valence-electron chi connectivity index (χ0n) is 11.4. The third-order valence-electron chi connectivity index (χ3n) is 2.87. The van der Waals surface area contributed by atoms with Crippen molar-refractivity contribution in [3.63, 3.8) is 0 Å². The van der Waals surface area contributed by atoms with Crippen molar-refractivity contribution < 1.29 is 14.5 Å². The first-order valence-corrected chi connectivity index (χ1v) is 6.34. The number of carbonyl (C=O) groups is 1. The molecule has 1 N–H and O–H groups in total. The number of nitro groups is 1. The van der Waals surface area contributed by atoms with Crippen molar-refractivity contribution in [1.82, 2.24) is 5.32 Å². The summed E-state index contributed by atoms with van der Waals surface area (Å²) in [6, 6.07) is 14.4. The van der Waals surface area contributed by atoms with Gasteiger partial charge in [-0.3, -0.25) is 10.1 Å². The quantitative estimate of drug-likeness (QED) is 0.689. The maximum Gasteiger partial charge on any atom is 0.413 e. The molecule has 0 aromatic heterocycles. The highest BCUT2D eigenvalue weighted by Gasteiger charge is 2.14. The fourth-order valence-corrected chi connectivity index (χ4v) is 1.79. The summed E-state index contributed by atoms with van der Waals surface area (Å²) in [4.78, 5) is 22.0. The van der Waals surface area contributed by atoms with E-state index < -0.39 is 17.1 Å². The maximum atomic E-state index is 11.7. The topological polar surface area (TPSA) is 81.5 Å². The Labute approximate surface area is 121 Å². The lowest BCUT2D eigenvalue weighted by Gasteiger charge is -2.14. The van der Waals surface area contributed by atoms with Crippen molar-refractivity contribution in [1.29, 1.82) is 0 Å². The molecular formula is C15H14N2O4. The SMILES string of the molecule is CC(NC(=O)Oc1ccccc1)c1cccc([N+](=O)[O-])c1. The number of nitrogens with zero attached hydrogens (tertiary/aromatic N) is 1. The highest BCUT2D eigenvalue weighted by atomic mass is 16.6. The zero-order valence-corrected chi connectivity index (χ0v) is 11.4. The van der Waals surface area contributed by atoms with E-state index in [4.69, 9.17) is 4.74 Å². The van der Waals surface area contributed by atoms with Gasteiger partial charge >= 0.3 is 6.09 Å². The molecule has 1 atom stereocenters. The summed E-state index contributed by atoms with van der Waals surface area (Å²) >= 11 is 0. The average molecular weight is 286 g/mol. The molecular weight excluding hydrogens is 272 g/mol. The summed E-state index contributed by atoms with van der Waals surface area (Å²) in [5.74, 6) is 0.432. The summed E-state index contributed by atoms with van der Waals surface area (Å²) in [5.41, 5.74) is 0.617. The molecule has 0 bridgehead atoms. The van der Waals surface area contributed by atoms with Crippen LogP contribution in [-0.2, 0) is 0 Å². The van der Waals surface area contributed by atoms with Crippen LogP contribution in [0.25, 0.3) is 0 Å². The van der Waals surface area contributed by atoms with Crippen LogP contribution in [0.2, 0.25) is 0 Å². The van der Waals surface area contributed by atoms with Crippen LogP contribution < -0.4 is 10.1 Å². The van der Waals surface area contributed by atoms with E-state index in [0.29, 0.717) is 11.3 Å². The van der Waals surface area contributed by atoms with Crippen LogP contribution in [-0.4, -0.2) is 11.0 Å². The van der Waals surface area contributed by atoms with Gasteiger partial charge in [-0.15, -0.1) is 0 Å². The van der Waals surface area contributed by atoms with Crippen LogP contribution in [0.5, 0.6) is 5.75 Å². The molecule has 1 unspecified atom stereocenters. The fourth-order valence-electron chi connectivity index (χ4n) is 1.79. The van der Waals surface area contributed by atoms with Gasteiger partial charge in [-0.05, 0) is 24.6 Å². The first kappa shape index (κ1) is 14.5. The first-order valence-electron chi connectivity index (χ1n) is 6.34. The Morgan fingerprint density at radius 3 is 2.57 bits per heavy atom. The summed E-state index contributed by atoms with van der Waals surface area (Å²) < 4.78 is 5.10. The van der Waals surface area contributed by atoms with Gasteiger partial charge in [-0.25, -0.2) is 4.79 Å². The predicted molar refractivity (Wildman–Crippen MR) is 77.1 cm³/mol. The Morgan fingerprint density at radius 2 is 1.90 bits per heavy atom.